The fourth-order valence-electron chi connectivity index (χ4n) is 1.29. The van der Waals surface area contributed by atoms with Gasteiger partial charge in [0.05, 0.1) is 0 Å². The van der Waals surface area contributed by atoms with Crippen molar-refractivity contribution in [2.24, 2.45) is 11.8 Å². The Morgan fingerprint density at radius 3 is 2.62 bits per heavy atom. The Morgan fingerprint density at radius 2 is 2.08 bits per heavy atom. The van der Waals surface area contributed by atoms with Crippen molar-refractivity contribution in [1.29, 1.82) is 0 Å². The van der Waals surface area contributed by atoms with Crippen molar-refractivity contribution in [3.63, 3.8) is 0 Å². The van der Waals surface area contributed by atoms with Crippen LogP contribution in [-0.2, 0) is 9.53 Å². The highest BCUT2D eigenvalue weighted by atomic mass is 16.5. The van der Waals surface area contributed by atoms with Crippen LogP contribution in [0, 0.1) is 11.8 Å². The highest BCUT2D eigenvalue weighted by Gasteiger charge is 2.07. The molecule has 0 aliphatic heterocycles. The van der Waals surface area contributed by atoms with Gasteiger partial charge in [0.15, 0.2) is 0 Å². The first-order valence-electron chi connectivity index (χ1n) is 5.23. The molecule has 0 saturated carbocycles. The standard InChI is InChI=1S/C11H22O2/c1-4-5-6-13-9-11(3)7-10(2)8-12/h8,10-11H,4-7,9H2,1-3H3. The molecule has 0 N–H and O–H groups in total. The number of carbonyl (C=O) groups is 1. The Hall–Kier alpha value is -0.370. The van der Waals surface area contributed by atoms with Crippen molar-refractivity contribution in [1.82, 2.24) is 0 Å². The van der Waals surface area contributed by atoms with E-state index in [0.717, 1.165) is 32.3 Å². The van der Waals surface area contributed by atoms with Gasteiger partial charge in [0, 0.05) is 19.1 Å². The van der Waals surface area contributed by atoms with Crippen LogP contribution in [-0.4, -0.2) is 19.5 Å². The van der Waals surface area contributed by atoms with Gasteiger partial charge in [-0.2, -0.15) is 0 Å². The number of hydrogen-bond donors (Lipinski definition) is 0. The van der Waals surface area contributed by atoms with Gasteiger partial charge in [0.2, 0.25) is 0 Å². The van der Waals surface area contributed by atoms with Gasteiger partial charge in [-0.25, -0.2) is 0 Å². The van der Waals surface area contributed by atoms with E-state index in [1.54, 1.807) is 0 Å². The summed E-state index contributed by atoms with van der Waals surface area (Å²) in [5.74, 6) is 0.668. The molecule has 0 heterocycles. The van der Waals surface area contributed by atoms with E-state index in [0.29, 0.717) is 5.92 Å². The molecule has 13 heavy (non-hydrogen) atoms. The quantitative estimate of drug-likeness (QED) is 0.430. The maximum absolute atomic E-state index is 10.4. The van der Waals surface area contributed by atoms with E-state index in [-0.39, 0.29) is 5.92 Å². The maximum Gasteiger partial charge on any atom is 0.122 e. The van der Waals surface area contributed by atoms with E-state index in [4.69, 9.17) is 4.74 Å². The maximum atomic E-state index is 10.4. The van der Waals surface area contributed by atoms with Gasteiger partial charge < -0.3 is 9.53 Å². The highest BCUT2D eigenvalue weighted by Crippen LogP contribution is 2.10. The van der Waals surface area contributed by atoms with Gasteiger partial charge >= 0.3 is 0 Å². The van der Waals surface area contributed by atoms with Gasteiger partial charge in [-0.3, -0.25) is 0 Å². The molecule has 0 fully saturated rings. The Balaban J connectivity index is 3.29. The number of rotatable bonds is 8. The molecule has 0 aromatic heterocycles. The molecule has 0 amide bonds. The van der Waals surface area contributed by atoms with Crippen LogP contribution in [0.25, 0.3) is 0 Å². The van der Waals surface area contributed by atoms with Crippen LogP contribution in [0.1, 0.15) is 40.0 Å². The van der Waals surface area contributed by atoms with Gasteiger partial charge in [0.25, 0.3) is 0 Å². The minimum Gasteiger partial charge on any atom is -0.381 e. The Morgan fingerprint density at radius 1 is 1.38 bits per heavy atom. The predicted molar refractivity (Wildman–Crippen MR) is 54.7 cm³/mol. The molecule has 2 heteroatoms. The SMILES string of the molecule is CCCCOCC(C)CC(C)C=O. The monoisotopic (exact) mass is 186 g/mol. The summed E-state index contributed by atoms with van der Waals surface area (Å²) in [7, 11) is 0. The third-order valence-electron chi connectivity index (χ3n) is 2.05. The first kappa shape index (κ1) is 12.6. The number of ether oxygens (including phenoxy) is 1. The molecule has 2 unspecified atom stereocenters. The third kappa shape index (κ3) is 7.97. The number of unbranched alkanes of at least 4 members (excludes halogenated alkanes) is 1. The fourth-order valence-corrected chi connectivity index (χ4v) is 1.29. The second-order valence-corrected chi connectivity index (χ2v) is 3.88. The smallest absolute Gasteiger partial charge is 0.122 e. The molecule has 0 radical (unpaired) electrons. The lowest BCUT2D eigenvalue weighted by molar-refractivity contribution is -0.111. The molecule has 0 aromatic carbocycles. The van der Waals surface area contributed by atoms with Crippen LogP contribution >= 0.6 is 0 Å². The Kier molecular flexibility index (Phi) is 8.00. The van der Waals surface area contributed by atoms with Crippen LogP contribution in [0.4, 0.5) is 0 Å². The van der Waals surface area contributed by atoms with Crippen molar-refractivity contribution >= 4 is 6.29 Å². The van der Waals surface area contributed by atoms with Gasteiger partial charge in [-0.1, -0.05) is 27.2 Å². The molecule has 0 aliphatic carbocycles. The molecule has 78 valence electrons. The van der Waals surface area contributed by atoms with Crippen LogP contribution in [0.15, 0.2) is 0 Å². The normalized spacial score (nSPS) is 15.3. The molecule has 0 aliphatic rings. The molecule has 2 atom stereocenters. The zero-order chi connectivity index (χ0) is 10.1. The van der Waals surface area contributed by atoms with Gasteiger partial charge in [0.1, 0.15) is 6.29 Å². The van der Waals surface area contributed by atoms with Gasteiger partial charge in [-0.15, -0.1) is 0 Å². The Labute approximate surface area is 81.7 Å². The van der Waals surface area contributed by atoms with E-state index in [1.807, 2.05) is 6.92 Å². The first-order valence-corrected chi connectivity index (χ1v) is 5.23. The summed E-state index contributed by atoms with van der Waals surface area (Å²) in [6.07, 6.45) is 4.27. The van der Waals surface area contributed by atoms with Crippen LogP contribution in [0.5, 0.6) is 0 Å². The Bertz CT molecular complexity index is 123. The van der Waals surface area contributed by atoms with E-state index in [1.165, 1.54) is 6.42 Å². The summed E-state index contributed by atoms with van der Waals surface area (Å²) in [6, 6.07) is 0. The third-order valence-corrected chi connectivity index (χ3v) is 2.05. The lowest BCUT2D eigenvalue weighted by Gasteiger charge is -2.13. The van der Waals surface area contributed by atoms with Crippen molar-refractivity contribution in [2.45, 2.75) is 40.0 Å². The predicted octanol–water partition coefficient (Wildman–Crippen LogP) is 2.66. The molecule has 0 aromatic rings. The van der Waals surface area contributed by atoms with Crippen LogP contribution in [0.2, 0.25) is 0 Å². The average Bonchev–Trinajstić information content (AvgIpc) is 2.12. The zero-order valence-electron chi connectivity index (χ0n) is 9.08. The molecule has 0 saturated heterocycles. The topological polar surface area (TPSA) is 26.3 Å². The average molecular weight is 186 g/mol. The number of hydrogen-bond acceptors (Lipinski definition) is 2. The molecular weight excluding hydrogens is 164 g/mol. The summed E-state index contributed by atoms with van der Waals surface area (Å²) in [5, 5.41) is 0. The molecule has 0 spiro atoms. The van der Waals surface area contributed by atoms with Crippen molar-refractivity contribution in [3.05, 3.63) is 0 Å². The second kappa shape index (κ2) is 8.24. The summed E-state index contributed by atoms with van der Waals surface area (Å²) in [4.78, 5) is 10.4. The fraction of sp³-hybridized carbons (Fsp3) is 0.909. The molecule has 0 rings (SSSR count). The summed E-state index contributed by atoms with van der Waals surface area (Å²) in [6.45, 7) is 7.89. The lowest BCUT2D eigenvalue weighted by atomic mass is 9.99. The lowest BCUT2D eigenvalue weighted by Crippen LogP contribution is -2.11. The van der Waals surface area contributed by atoms with Crippen LogP contribution in [0.3, 0.4) is 0 Å². The van der Waals surface area contributed by atoms with Crippen molar-refractivity contribution < 1.29 is 9.53 Å². The minimum atomic E-state index is 0.171. The minimum absolute atomic E-state index is 0.171. The highest BCUT2D eigenvalue weighted by molar-refractivity contribution is 5.52. The zero-order valence-corrected chi connectivity index (χ0v) is 9.08. The number of carbonyl (C=O) groups excluding carboxylic acids is 1. The van der Waals surface area contributed by atoms with E-state index < -0.39 is 0 Å². The van der Waals surface area contributed by atoms with Crippen LogP contribution < -0.4 is 0 Å². The van der Waals surface area contributed by atoms with E-state index in [9.17, 15) is 4.79 Å². The summed E-state index contributed by atoms with van der Waals surface area (Å²) in [5.41, 5.74) is 0. The first-order chi connectivity index (χ1) is 6.20. The van der Waals surface area contributed by atoms with E-state index in [2.05, 4.69) is 13.8 Å². The molecule has 2 nitrogen and oxygen atoms in total. The largest absolute Gasteiger partial charge is 0.381 e. The van der Waals surface area contributed by atoms with Crippen molar-refractivity contribution in [3.8, 4) is 0 Å². The second-order valence-electron chi connectivity index (χ2n) is 3.88. The number of aldehydes is 1. The van der Waals surface area contributed by atoms with Crippen molar-refractivity contribution in [2.75, 3.05) is 13.2 Å². The molecular formula is C11H22O2. The molecule has 0 bridgehead atoms. The summed E-state index contributed by atoms with van der Waals surface area (Å²) >= 11 is 0. The van der Waals surface area contributed by atoms with Gasteiger partial charge in [-0.05, 0) is 18.8 Å². The summed E-state index contributed by atoms with van der Waals surface area (Å²) < 4.78 is 5.47. The van der Waals surface area contributed by atoms with E-state index >= 15 is 0 Å².